The van der Waals surface area contributed by atoms with Gasteiger partial charge < -0.3 is 34.1 Å². The number of hydrogen-bond donors (Lipinski definition) is 4. The number of aromatic hydroxyl groups is 1. The quantitative estimate of drug-likeness (QED) is 0.0387. The molecule has 63 heavy (non-hydrogen) atoms. The Hall–Kier alpha value is -6.41. The Morgan fingerprint density at radius 2 is 1.63 bits per heavy atom. The number of rotatable bonds is 17. The minimum Gasteiger partial charge on any atom is -0.506 e. The third kappa shape index (κ3) is 11.0. The number of methoxy groups -OCH3 is 1. The van der Waals surface area contributed by atoms with Crippen molar-refractivity contribution in [3.63, 3.8) is 0 Å². The fourth-order valence-electron chi connectivity index (χ4n) is 6.36. The third-order valence-electron chi connectivity index (χ3n) is 9.48. The number of azo groups is 1. The molecule has 326 valence electrons. The molecule has 1 aliphatic rings. The van der Waals surface area contributed by atoms with Gasteiger partial charge in [0, 0.05) is 53.9 Å². The number of fused-ring (bicyclic) bond motifs is 1. The molecule has 3 atom stereocenters. The molecule has 16 nitrogen and oxygen atoms in total. The number of nitrogens with zero attached hydrogens (tertiary/aromatic N) is 3. The molecule has 6 aromatic carbocycles. The molecule has 0 saturated carbocycles. The van der Waals surface area contributed by atoms with E-state index in [9.17, 15) is 23.1 Å². The van der Waals surface area contributed by atoms with Crippen LogP contribution in [0.1, 0.15) is 15.9 Å². The van der Waals surface area contributed by atoms with Crippen LogP contribution in [0.3, 0.4) is 0 Å². The molecule has 7 rings (SSSR count). The standard InChI is InChI=1S/C44H41ClN6O10S2/c1-27-12-19-37(57-3)35(24-27)47-44(54)43(41(52)28-8-5-4-6-9-28)59-31-16-13-29(14-17-31)50-63(56)60-38-25-30(15-18-33(38)45)48-49-36-26-39(62(55)61-51-20-22-58-23-21-51)42(53)32-10-7-11-34(46-2)40(32)36/h4-19,24-26,43,46,50,53H,20-23H2,1-3H3,(H,47,54). The first-order valence-corrected chi connectivity index (χ1v) is 21.8. The van der Waals surface area contributed by atoms with E-state index in [1.165, 1.54) is 54.6 Å². The molecule has 1 aliphatic heterocycles. The number of hydroxylamine groups is 2. The molecule has 6 aromatic rings. The van der Waals surface area contributed by atoms with Crippen molar-refractivity contribution in [3.8, 4) is 23.0 Å². The number of halogens is 1. The van der Waals surface area contributed by atoms with Crippen molar-refractivity contribution in [3.05, 3.63) is 131 Å². The fraction of sp³-hybridized carbons (Fsp3) is 0.182. The summed E-state index contributed by atoms with van der Waals surface area (Å²) in [6.07, 6.45) is -1.57. The zero-order valence-electron chi connectivity index (χ0n) is 34.0. The smallest absolute Gasteiger partial charge is 0.316 e. The summed E-state index contributed by atoms with van der Waals surface area (Å²) in [6.45, 7) is 3.51. The van der Waals surface area contributed by atoms with E-state index >= 15 is 0 Å². The van der Waals surface area contributed by atoms with Gasteiger partial charge in [-0.1, -0.05) is 60.1 Å². The largest absolute Gasteiger partial charge is 0.506 e. The number of carbonyl (C=O) groups is 2. The second-order valence-corrected chi connectivity index (χ2v) is 16.1. The van der Waals surface area contributed by atoms with E-state index in [-0.39, 0.29) is 44.1 Å². The Morgan fingerprint density at radius 1 is 0.873 bits per heavy atom. The summed E-state index contributed by atoms with van der Waals surface area (Å²) in [4.78, 5) is 27.2. The molecule has 0 bridgehead atoms. The summed E-state index contributed by atoms with van der Waals surface area (Å²) in [5, 5.41) is 28.4. The Labute approximate surface area is 372 Å². The predicted molar refractivity (Wildman–Crippen MR) is 241 cm³/mol. The van der Waals surface area contributed by atoms with Gasteiger partial charge in [0.1, 0.15) is 22.1 Å². The van der Waals surface area contributed by atoms with Crippen molar-refractivity contribution in [2.45, 2.75) is 17.9 Å². The number of benzene rings is 6. The van der Waals surface area contributed by atoms with Crippen LogP contribution in [0.2, 0.25) is 5.02 Å². The van der Waals surface area contributed by atoms with Crippen molar-refractivity contribution >= 4 is 84.8 Å². The van der Waals surface area contributed by atoms with E-state index in [0.29, 0.717) is 59.9 Å². The normalized spacial score (nSPS) is 14.4. The van der Waals surface area contributed by atoms with E-state index in [0.717, 1.165) is 5.56 Å². The lowest BCUT2D eigenvalue weighted by Gasteiger charge is -2.24. The van der Waals surface area contributed by atoms with Crippen LogP contribution in [0, 0.1) is 6.92 Å². The lowest BCUT2D eigenvalue weighted by atomic mass is 10.1. The van der Waals surface area contributed by atoms with Gasteiger partial charge in [-0.2, -0.15) is 18.7 Å². The van der Waals surface area contributed by atoms with Gasteiger partial charge in [-0.05, 0) is 73.2 Å². The van der Waals surface area contributed by atoms with Crippen LogP contribution in [0.5, 0.6) is 23.0 Å². The van der Waals surface area contributed by atoms with E-state index in [1.807, 2.05) is 13.0 Å². The molecule has 1 amide bonds. The van der Waals surface area contributed by atoms with Crippen molar-refractivity contribution < 1.29 is 45.8 Å². The van der Waals surface area contributed by atoms with Crippen LogP contribution >= 0.6 is 11.6 Å². The van der Waals surface area contributed by atoms with Crippen LogP contribution in [-0.4, -0.2) is 76.8 Å². The average molecular weight is 913 g/mol. The molecule has 19 heteroatoms. The van der Waals surface area contributed by atoms with E-state index in [4.69, 9.17) is 34.3 Å². The summed E-state index contributed by atoms with van der Waals surface area (Å²) in [5.74, 6) is -0.891. The van der Waals surface area contributed by atoms with Gasteiger partial charge in [0.25, 0.3) is 5.91 Å². The molecular weight excluding hydrogens is 872 g/mol. The zero-order chi connectivity index (χ0) is 44.5. The lowest BCUT2D eigenvalue weighted by Crippen LogP contribution is -2.40. The zero-order valence-corrected chi connectivity index (χ0v) is 36.4. The molecule has 0 aromatic heterocycles. The van der Waals surface area contributed by atoms with Gasteiger partial charge in [0.15, 0.2) is 5.75 Å². The lowest BCUT2D eigenvalue weighted by molar-refractivity contribution is -0.120. The van der Waals surface area contributed by atoms with E-state index in [2.05, 4.69) is 25.6 Å². The number of phenols is 1. The minimum absolute atomic E-state index is 0.00236. The number of aryl methyl sites for hydroxylation is 1. The number of phenolic OH excluding ortho intramolecular Hbond substituents is 1. The first-order chi connectivity index (χ1) is 30.5. The number of amides is 1. The molecule has 0 aliphatic carbocycles. The SMILES string of the molecule is CNc1cccc2c(O)c(S(=O)ON3CCOCC3)cc(N=Nc3ccc(Cl)c(OS(=O)Nc4ccc(OC(C(=O)Nc5cc(C)ccc5OC)C(=O)c5ccccc5)cc4)c3)c12. The van der Waals surface area contributed by atoms with Gasteiger partial charge in [-0.25, -0.2) is 4.21 Å². The highest BCUT2D eigenvalue weighted by molar-refractivity contribution is 7.82. The van der Waals surface area contributed by atoms with E-state index < -0.39 is 40.1 Å². The molecule has 0 radical (unpaired) electrons. The Morgan fingerprint density at radius 3 is 2.37 bits per heavy atom. The number of ether oxygens (including phenoxy) is 3. The third-order valence-corrected chi connectivity index (χ3v) is 11.5. The van der Waals surface area contributed by atoms with Gasteiger partial charge >= 0.3 is 11.3 Å². The second-order valence-electron chi connectivity index (χ2n) is 13.8. The number of morpholine rings is 1. The average Bonchev–Trinajstić information content (AvgIpc) is 3.29. The Kier molecular flexibility index (Phi) is 14.6. The van der Waals surface area contributed by atoms with Gasteiger partial charge in [0.05, 0.1) is 42.4 Å². The topological polar surface area (TPSA) is 199 Å². The maximum atomic E-state index is 13.6. The number of hydrogen-bond acceptors (Lipinski definition) is 14. The molecular formula is C44H41ClN6O10S2. The molecule has 1 heterocycles. The summed E-state index contributed by atoms with van der Waals surface area (Å²) in [5.41, 5.74) is 3.05. The molecule has 3 unspecified atom stereocenters. The van der Waals surface area contributed by atoms with Crippen LogP contribution in [0.25, 0.3) is 10.8 Å². The van der Waals surface area contributed by atoms with Crippen LogP contribution in [0.4, 0.5) is 28.4 Å². The van der Waals surface area contributed by atoms with Crippen molar-refractivity contribution in [1.29, 1.82) is 0 Å². The summed E-state index contributed by atoms with van der Waals surface area (Å²) >= 11 is 2.17. The first-order valence-electron chi connectivity index (χ1n) is 19.3. The number of Topliss-reactive ketones (excluding diaryl/α,β-unsaturated/α-hetero) is 1. The Bertz CT molecular complexity index is 2700. The summed E-state index contributed by atoms with van der Waals surface area (Å²) < 4.78 is 57.3. The van der Waals surface area contributed by atoms with Crippen molar-refractivity contribution in [2.75, 3.05) is 55.8 Å². The highest BCUT2D eigenvalue weighted by atomic mass is 35.5. The van der Waals surface area contributed by atoms with Crippen molar-refractivity contribution in [1.82, 2.24) is 5.06 Å². The predicted octanol–water partition coefficient (Wildman–Crippen LogP) is 8.60. The van der Waals surface area contributed by atoms with Crippen LogP contribution in [0.15, 0.2) is 130 Å². The number of nitrogens with one attached hydrogen (secondary N) is 3. The highest BCUT2D eigenvalue weighted by Gasteiger charge is 2.31. The van der Waals surface area contributed by atoms with Crippen molar-refractivity contribution in [2.24, 2.45) is 10.2 Å². The molecule has 4 N–H and O–H groups in total. The van der Waals surface area contributed by atoms with Gasteiger partial charge in [0.2, 0.25) is 23.0 Å². The monoisotopic (exact) mass is 912 g/mol. The Balaban J connectivity index is 1.05. The maximum Gasteiger partial charge on any atom is 0.316 e. The minimum atomic E-state index is -2.18. The van der Waals surface area contributed by atoms with E-state index in [1.54, 1.807) is 73.8 Å². The highest BCUT2D eigenvalue weighted by Crippen LogP contribution is 2.43. The van der Waals surface area contributed by atoms with Gasteiger partial charge in [-0.15, -0.1) is 5.11 Å². The number of carbonyl (C=O) groups excluding carboxylic acids is 2. The molecule has 1 saturated heterocycles. The summed E-state index contributed by atoms with van der Waals surface area (Å²) in [7, 11) is 3.19. The van der Waals surface area contributed by atoms with Gasteiger partial charge in [-0.3, -0.25) is 14.3 Å². The molecule has 0 spiro atoms. The fourth-order valence-corrected chi connectivity index (χ4v) is 8.13. The van der Waals surface area contributed by atoms with Crippen LogP contribution < -0.4 is 29.0 Å². The first kappa shape index (κ1) is 44.6. The number of ketones is 1. The summed E-state index contributed by atoms with van der Waals surface area (Å²) in [6, 6.07) is 30.8. The second kappa shape index (κ2) is 20.6. The number of anilines is 3. The molecule has 1 fully saturated rings. The maximum absolute atomic E-state index is 13.6. The van der Waals surface area contributed by atoms with Crippen LogP contribution in [-0.2, 0) is 36.2 Å².